The Bertz CT molecular complexity index is 1040. The standard InChI is InChI=1S/C21H24N4O3S2/c1-5-16-13(3)18(20(27)28-6-2)19(30-16)22-17(26)12-29-21-24-23-14(4)25(21)15-10-8-7-9-11-15/h7-11H,5-6,12H2,1-4H3,(H,22,26). The summed E-state index contributed by atoms with van der Waals surface area (Å²) in [4.78, 5) is 26.1. The molecule has 0 aliphatic heterocycles. The van der Waals surface area contributed by atoms with Crippen molar-refractivity contribution in [2.75, 3.05) is 17.7 Å². The molecule has 2 aromatic heterocycles. The van der Waals surface area contributed by atoms with Crippen LogP contribution in [-0.4, -0.2) is 39.0 Å². The lowest BCUT2D eigenvalue weighted by atomic mass is 10.1. The molecule has 30 heavy (non-hydrogen) atoms. The van der Waals surface area contributed by atoms with Crippen molar-refractivity contribution in [1.29, 1.82) is 0 Å². The second kappa shape index (κ2) is 9.90. The average molecular weight is 445 g/mol. The zero-order valence-electron chi connectivity index (χ0n) is 17.4. The molecule has 1 N–H and O–H groups in total. The number of carbonyl (C=O) groups is 2. The van der Waals surface area contributed by atoms with Gasteiger partial charge in [0.05, 0.1) is 17.9 Å². The summed E-state index contributed by atoms with van der Waals surface area (Å²) in [5.74, 6) is 0.268. The highest BCUT2D eigenvalue weighted by Crippen LogP contribution is 2.34. The predicted molar refractivity (Wildman–Crippen MR) is 120 cm³/mol. The molecule has 7 nitrogen and oxygen atoms in total. The number of carbonyl (C=O) groups excluding carboxylic acids is 2. The molecule has 0 radical (unpaired) electrons. The number of ether oxygens (including phenoxy) is 1. The highest BCUT2D eigenvalue weighted by molar-refractivity contribution is 7.99. The zero-order chi connectivity index (χ0) is 21.7. The van der Waals surface area contributed by atoms with E-state index in [1.807, 2.05) is 55.7 Å². The number of thioether (sulfide) groups is 1. The fourth-order valence-corrected chi connectivity index (χ4v) is 4.99. The first-order chi connectivity index (χ1) is 14.5. The Hall–Kier alpha value is -2.65. The molecular formula is C21H24N4O3S2. The fourth-order valence-electron chi connectivity index (χ4n) is 3.04. The van der Waals surface area contributed by atoms with Gasteiger partial charge in [0.25, 0.3) is 0 Å². The molecule has 0 saturated carbocycles. The fraction of sp³-hybridized carbons (Fsp3) is 0.333. The minimum absolute atomic E-state index is 0.144. The Balaban J connectivity index is 1.74. The van der Waals surface area contributed by atoms with E-state index in [0.29, 0.717) is 15.7 Å². The third-order valence-corrected chi connectivity index (χ3v) is 6.72. The number of thiophene rings is 1. The topological polar surface area (TPSA) is 86.1 Å². The molecule has 1 amide bonds. The number of esters is 1. The van der Waals surface area contributed by atoms with Crippen LogP contribution in [0.2, 0.25) is 0 Å². The van der Waals surface area contributed by atoms with Gasteiger partial charge in [-0.15, -0.1) is 21.5 Å². The van der Waals surface area contributed by atoms with Gasteiger partial charge in [-0.25, -0.2) is 4.79 Å². The maximum absolute atomic E-state index is 12.6. The van der Waals surface area contributed by atoms with Gasteiger partial charge in [-0.05, 0) is 44.9 Å². The molecule has 158 valence electrons. The van der Waals surface area contributed by atoms with Crippen LogP contribution in [-0.2, 0) is 16.0 Å². The van der Waals surface area contributed by atoms with Crippen molar-refractivity contribution in [1.82, 2.24) is 14.8 Å². The minimum atomic E-state index is -0.409. The largest absolute Gasteiger partial charge is 0.462 e. The van der Waals surface area contributed by atoms with Crippen LogP contribution in [0.25, 0.3) is 5.69 Å². The van der Waals surface area contributed by atoms with Gasteiger partial charge in [-0.2, -0.15) is 0 Å². The summed E-state index contributed by atoms with van der Waals surface area (Å²) in [5.41, 5.74) is 2.25. The van der Waals surface area contributed by atoms with Crippen molar-refractivity contribution in [3.63, 3.8) is 0 Å². The van der Waals surface area contributed by atoms with E-state index in [2.05, 4.69) is 15.5 Å². The summed E-state index contributed by atoms with van der Waals surface area (Å²) in [6.07, 6.45) is 0.785. The van der Waals surface area contributed by atoms with Crippen molar-refractivity contribution < 1.29 is 14.3 Å². The summed E-state index contributed by atoms with van der Waals surface area (Å²) in [6, 6.07) is 9.76. The lowest BCUT2D eigenvalue weighted by Crippen LogP contribution is -2.16. The molecule has 0 aliphatic rings. The molecule has 0 unspecified atom stereocenters. The molecular weight excluding hydrogens is 420 g/mol. The predicted octanol–water partition coefficient (Wildman–Crippen LogP) is 4.42. The van der Waals surface area contributed by atoms with Gasteiger partial charge in [-0.3, -0.25) is 9.36 Å². The number of aryl methyl sites for hydroxylation is 2. The van der Waals surface area contributed by atoms with Crippen LogP contribution in [0.4, 0.5) is 5.00 Å². The van der Waals surface area contributed by atoms with Crippen LogP contribution < -0.4 is 5.32 Å². The van der Waals surface area contributed by atoms with Crippen LogP contribution >= 0.6 is 23.1 Å². The van der Waals surface area contributed by atoms with Crippen molar-refractivity contribution in [3.05, 3.63) is 52.2 Å². The van der Waals surface area contributed by atoms with E-state index < -0.39 is 5.97 Å². The molecule has 3 aromatic rings. The van der Waals surface area contributed by atoms with Gasteiger partial charge in [0.1, 0.15) is 10.8 Å². The molecule has 0 saturated heterocycles. The molecule has 0 spiro atoms. The van der Waals surface area contributed by atoms with E-state index in [-0.39, 0.29) is 18.3 Å². The Morgan fingerprint density at radius 3 is 2.57 bits per heavy atom. The van der Waals surface area contributed by atoms with Gasteiger partial charge in [0, 0.05) is 10.6 Å². The highest BCUT2D eigenvalue weighted by atomic mass is 32.2. The van der Waals surface area contributed by atoms with Crippen LogP contribution in [0.15, 0.2) is 35.5 Å². The molecule has 0 fully saturated rings. The third-order valence-electron chi connectivity index (χ3n) is 4.44. The smallest absolute Gasteiger partial charge is 0.341 e. The maximum atomic E-state index is 12.6. The molecule has 3 rings (SSSR count). The summed E-state index contributed by atoms with van der Waals surface area (Å²) in [7, 11) is 0. The zero-order valence-corrected chi connectivity index (χ0v) is 19.0. The molecule has 9 heteroatoms. The first-order valence-corrected chi connectivity index (χ1v) is 11.5. The molecule has 1 aromatic carbocycles. The second-order valence-corrected chi connectivity index (χ2v) is 8.51. The number of para-hydroxylation sites is 1. The van der Waals surface area contributed by atoms with Crippen LogP contribution in [0, 0.1) is 13.8 Å². The van der Waals surface area contributed by atoms with E-state index in [0.717, 1.165) is 28.4 Å². The van der Waals surface area contributed by atoms with E-state index in [1.54, 1.807) is 6.92 Å². The maximum Gasteiger partial charge on any atom is 0.341 e. The quantitative estimate of drug-likeness (QED) is 0.409. The van der Waals surface area contributed by atoms with Crippen molar-refractivity contribution in [2.24, 2.45) is 0 Å². The van der Waals surface area contributed by atoms with Crippen molar-refractivity contribution in [3.8, 4) is 5.69 Å². The average Bonchev–Trinajstić information content (AvgIpc) is 3.26. The number of amides is 1. The van der Waals surface area contributed by atoms with Crippen molar-refractivity contribution in [2.45, 2.75) is 39.3 Å². The second-order valence-electron chi connectivity index (χ2n) is 6.47. The summed E-state index contributed by atoms with van der Waals surface area (Å²) < 4.78 is 7.08. The van der Waals surface area contributed by atoms with E-state index in [4.69, 9.17) is 4.74 Å². The van der Waals surface area contributed by atoms with E-state index in [1.165, 1.54) is 23.1 Å². The van der Waals surface area contributed by atoms with Gasteiger partial charge in [0.2, 0.25) is 5.91 Å². The Morgan fingerprint density at radius 1 is 1.17 bits per heavy atom. The van der Waals surface area contributed by atoms with E-state index in [9.17, 15) is 9.59 Å². The summed E-state index contributed by atoms with van der Waals surface area (Å²) in [6.45, 7) is 7.83. The number of aromatic nitrogens is 3. The highest BCUT2D eigenvalue weighted by Gasteiger charge is 2.23. The third kappa shape index (κ3) is 4.73. The number of rotatable bonds is 8. The Kier molecular flexibility index (Phi) is 7.28. The number of hydrogen-bond acceptors (Lipinski definition) is 7. The minimum Gasteiger partial charge on any atom is -0.462 e. The Labute approximate surface area is 183 Å². The number of benzene rings is 1. The molecule has 0 aliphatic carbocycles. The number of nitrogens with zero attached hydrogens (tertiary/aromatic N) is 3. The van der Waals surface area contributed by atoms with Gasteiger partial charge in [0.15, 0.2) is 5.16 Å². The van der Waals surface area contributed by atoms with Gasteiger partial charge in [-0.1, -0.05) is 36.9 Å². The number of nitrogens with one attached hydrogen (secondary N) is 1. The molecule has 0 bridgehead atoms. The van der Waals surface area contributed by atoms with Gasteiger partial charge < -0.3 is 10.1 Å². The van der Waals surface area contributed by atoms with Crippen LogP contribution in [0.1, 0.15) is 40.5 Å². The lowest BCUT2D eigenvalue weighted by molar-refractivity contribution is -0.113. The number of anilines is 1. The summed E-state index contributed by atoms with van der Waals surface area (Å²) >= 11 is 2.72. The monoisotopic (exact) mass is 444 g/mol. The van der Waals surface area contributed by atoms with Crippen LogP contribution in [0.3, 0.4) is 0 Å². The molecule has 0 atom stereocenters. The first-order valence-electron chi connectivity index (χ1n) is 9.65. The normalized spacial score (nSPS) is 10.8. The first kappa shape index (κ1) is 22.0. The Morgan fingerprint density at radius 2 is 1.90 bits per heavy atom. The lowest BCUT2D eigenvalue weighted by Gasteiger charge is -2.09. The SMILES string of the molecule is CCOC(=O)c1c(NC(=O)CSc2nnc(C)n2-c2ccccc2)sc(CC)c1C. The summed E-state index contributed by atoms with van der Waals surface area (Å²) in [5, 5.41) is 12.4. The molecule has 2 heterocycles. The number of hydrogen-bond donors (Lipinski definition) is 1. The van der Waals surface area contributed by atoms with Gasteiger partial charge >= 0.3 is 5.97 Å². The van der Waals surface area contributed by atoms with Crippen molar-refractivity contribution >= 4 is 40.0 Å². The van der Waals surface area contributed by atoms with Crippen LogP contribution in [0.5, 0.6) is 0 Å². The van der Waals surface area contributed by atoms with E-state index >= 15 is 0 Å².